The first-order valence-electron chi connectivity index (χ1n) is 28.2. The summed E-state index contributed by atoms with van der Waals surface area (Å²) in [5, 5.41) is 53.9. The van der Waals surface area contributed by atoms with Gasteiger partial charge in [0.15, 0.2) is 11.9 Å². The SMILES string of the molecule is CCC(C)[C@H](NC(=O)[C@@H](CCCN=C(N)N)NC(=O)CNC(=O)[C@@H](NC(=O)[C@@H](NC(=O)[C@H](Cc1cnc[nH]1)NC(=O)[C@H](CC1CCCCC1)NC(=O)[C@H](C)NC(=O)[C@@H](N)CCCN=C(N)N)[C@@H](C)O)[C@@H](C)O)C(=O)N[C@H](CC(C)C)C(=O)O. The number of aliphatic hydroxyl groups excluding tert-OH is 2. The summed E-state index contributed by atoms with van der Waals surface area (Å²) in [6.45, 7) is 10.2. The van der Waals surface area contributed by atoms with Gasteiger partial charge in [-0.2, -0.15) is 0 Å². The lowest BCUT2D eigenvalue weighted by atomic mass is 9.84. The van der Waals surface area contributed by atoms with Crippen LogP contribution in [-0.2, 0) is 54.4 Å². The number of imidazole rings is 1. The highest BCUT2D eigenvalue weighted by molar-refractivity contribution is 5.98. The predicted octanol–water partition coefficient (Wildman–Crippen LogP) is -4.69. The van der Waals surface area contributed by atoms with Gasteiger partial charge in [0.1, 0.15) is 48.3 Å². The number of hydrogen-bond acceptors (Lipinski definition) is 16. The van der Waals surface area contributed by atoms with E-state index in [9.17, 15) is 63.3 Å². The maximum atomic E-state index is 14.3. The van der Waals surface area contributed by atoms with Gasteiger partial charge in [-0.05, 0) is 77.0 Å². The molecule has 0 spiro atoms. The van der Waals surface area contributed by atoms with Gasteiger partial charge in [0.05, 0.1) is 31.1 Å². The van der Waals surface area contributed by atoms with E-state index in [1.807, 2.05) is 0 Å². The van der Waals surface area contributed by atoms with E-state index in [1.165, 1.54) is 19.4 Å². The third kappa shape index (κ3) is 26.9. The molecule has 1 fully saturated rings. The van der Waals surface area contributed by atoms with Crippen LogP contribution in [0, 0.1) is 17.8 Å². The molecule has 0 aromatic carbocycles. The molecular weight excluding hydrogens is 1080 g/mol. The zero-order valence-electron chi connectivity index (χ0n) is 48.7. The van der Waals surface area contributed by atoms with Crippen LogP contribution < -0.4 is 76.5 Å². The van der Waals surface area contributed by atoms with Crippen molar-refractivity contribution in [2.24, 2.45) is 56.4 Å². The Balaban J connectivity index is 2.30. The van der Waals surface area contributed by atoms with Crippen LogP contribution in [0.25, 0.3) is 0 Å². The van der Waals surface area contributed by atoms with E-state index in [4.69, 9.17) is 28.7 Å². The summed E-state index contributed by atoms with van der Waals surface area (Å²) < 4.78 is 0. The van der Waals surface area contributed by atoms with Crippen LogP contribution in [-0.4, -0.2) is 183 Å². The van der Waals surface area contributed by atoms with Gasteiger partial charge in [-0.25, -0.2) is 9.78 Å². The summed E-state index contributed by atoms with van der Waals surface area (Å²) in [5.41, 5.74) is 28.0. The van der Waals surface area contributed by atoms with Gasteiger partial charge in [0.2, 0.25) is 53.2 Å². The predicted molar refractivity (Wildman–Crippen MR) is 305 cm³/mol. The van der Waals surface area contributed by atoms with Crippen LogP contribution in [0.3, 0.4) is 0 Å². The third-order valence-corrected chi connectivity index (χ3v) is 13.9. The lowest BCUT2D eigenvalue weighted by Crippen LogP contribution is -2.62. The molecule has 1 aromatic heterocycles. The third-order valence-electron chi connectivity index (χ3n) is 13.9. The zero-order valence-corrected chi connectivity index (χ0v) is 48.7. The highest BCUT2D eigenvalue weighted by atomic mass is 16.4. The summed E-state index contributed by atoms with van der Waals surface area (Å²) in [6, 6.07) is -12.3. The number of carboxylic acid groups (broad SMARTS) is 1. The van der Waals surface area contributed by atoms with Crippen molar-refractivity contribution in [3.63, 3.8) is 0 Å². The summed E-state index contributed by atoms with van der Waals surface area (Å²) in [7, 11) is 0. The topological polar surface area (TPSA) is 523 Å². The van der Waals surface area contributed by atoms with Crippen molar-refractivity contribution in [2.45, 2.75) is 199 Å². The van der Waals surface area contributed by atoms with Crippen LogP contribution in [0.2, 0.25) is 0 Å². The summed E-state index contributed by atoms with van der Waals surface area (Å²) in [5.74, 6) is -10.1. The number of aliphatic carboxylic acids is 1. The first kappa shape index (κ1) is 71.4. The van der Waals surface area contributed by atoms with Gasteiger partial charge in [-0.1, -0.05) is 66.2 Å². The highest BCUT2D eigenvalue weighted by Gasteiger charge is 2.37. The van der Waals surface area contributed by atoms with Crippen LogP contribution in [0.5, 0.6) is 0 Å². The molecule has 1 heterocycles. The Bertz CT molecular complexity index is 2340. The molecule has 31 nitrogen and oxygen atoms in total. The number of nitrogens with one attached hydrogen (secondary N) is 10. The molecule has 1 aromatic rings. The van der Waals surface area contributed by atoms with Crippen molar-refractivity contribution in [1.82, 2.24) is 57.8 Å². The number of nitrogens with two attached hydrogens (primary N) is 5. The first-order chi connectivity index (χ1) is 39.0. The number of nitrogens with zero attached hydrogens (tertiary/aromatic N) is 3. The van der Waals surface area contributed by atoms with Crippen molar-refractivity contribution in [3.8, 4) is 0 Å². The Morgan fingerprint density at radius 2 is 1.14 bits per heavy atom. The maximum Gasteiger partial charge on any atom is 0.326 e. The summed E-state index contributed by atoms with van der Waals surface area (Å²) in [4.78, 5) is 150. The number of aliphatic hydroxyl groups is 2. The Kier molecular flexibility index (Phi) is 31.6. The molecule has 468 valence electrons. The standard InChI is InChI=1S/C52H92N18O13/c1-8-27(4)39(48(80)67-37(50(82)83)20-26(2)3)68-44(76)34(17-13-19-60-52(56)57)64-38(73)24-61-47(79)40(29(6)71)70-49(81)41(30(7)72)69-46(78)36(22-32-23-58-25-62-32)66-45(77)35(21-31-14-10-9-11-15-31)65-42(74)28(5)63-43(75)33(53)16-12-18-59-51(54)55/h23,25-31,33-37,39-41,71-72H,8-22,24,53H2,1-7H3,(H,58,62)(H,61,79)(H,63,75)(H,64,73)(H,65,74)(H,66,77)(H,67,80)(H,68,76)(H,69,78)(H,70,81)(H,82,83)(H4,54,55,59)(H4,56,57,60)/t27?,28-,29+,30+,33-,34+,35-,36-,37+,39-,40-,41-/m0/s1. The molecule has 23 N–H and O–H groups in total. The van der Waals surface area contributed by atoms with Gasteiger partial charge in [-0.3, -0.25) is 53.1 Å². The molecule has 12 atom stereocenters. The number of H-pyrrole nitrogens is 1. The molecule has 0 bridgehead atoms. The fraction of sp³-hybridized carbons (Fsp3) is 0.712. The molecule has 1 saturated carbocycles. The maximum absolute atomic E-state index is 14.3. The molecule has 1 unspecified atom stereocenters. The molecule has 1 aliphatic carbocycles. The Hall–Kier alpha value is -7.67. The van der Waals surface area contributed by atoms with Gasteiger partial charge < -0.3 is 96.8 Å². The van der Waals surface area contributed by atoms with Crippen LogP contribution in [0.1, 0.15) is 131 Å². The quantitative estimate of drug-likeness (QED) is 0.0169. The minimum atomic E-state index is -1.83. The number of aromatic nitrogens is 2. The van der Waals surface area contributed by atoms with E-state index in [2.05, 4.69) is 67.8 Å². The fourth-order valence-corrected chi connectivity index (χ4v) is 8.93. The van der Waals surface area contributed by atoms with E-state index in [-0.39, 0.29) is 75.4 Å². The van der Waals surface area contributed by atoms with E-state index in [0.29, 0.717) is 18.5 Å². The van der Waals surface area contributed by atoms with Crippen molar-refractivity contribution in [3.05, 3.63) is 18.2 Å². The lowest BCUT2D eigenvalue weighted by Gasteiger charge is -2.30. The average Bonchev–Trinajstić information content (AvgIpc) is 4.00. The largest absolute Gasteiger partial charge is 0.480 e. The molecule has 0 radical (unpaired) electrons. The van der Waals surface area contributed by atoms with Crippen LogP contribution >= 0.6 is 0 Å². The minimum Gasteiger partial charge on any atom is -0.480 e. The number of aliphatic imine (C=N–C) groups is 2. The number of hydrogen-bond donors (Lipinski definition) is 18. The molecule has 31 heteroatoms. The van der Waals surface area contributed by atoms with Crippen LogP contribution in [0.4, 0.5) is 0 Å². The highest BCUT2D eigenvalue weighted by Crippen LogP contribution is 2.27. The first-order valence-corrected chi connectivity index (χ1v) is 28.2. The fourth-order valence-electron chi connectivity index (χ4n) is 8.93. The molecule has 0 aliphatic heterocycles. The zero-order chi connectivity index (χ0) is 62.5. The summed E-state index contributed by atoms with van der Waals surface area (Å²) in [6.07, 6.45) is 4.85. The number of carbonyl (C=O) groups is 10. The van der Waals surface area contributed by atoms with E-state index in [0.717, 1.165) is 46.0 Å². The monoisotopic (exact) mass is 1180 g/mol. The molecule has 2 rings (SSSR count). The number of amides is 9. The van der Waals surface area contributed by atoms with E-state index < -0.39 is 138 Å². The van der Waals surface area contributed by atoms with E-state index in [1.54, 1.807) is 27.7 Å². The smallest absolute Gasteiger partial charge is 0.326 e. The number of rotatable bonds is 37. The van der Waals surface area contributed by atoms with Crippen molar-refractivity contribution in [1.29, 1.82) is 0 Å². The lowest BCUT2D eigenvalue weighted by molar-refractivity contribution is -0.143. The molecule has 83 heavy (non-hydrogen) atoms. The van der Waals surface area contributed by atoms with Gasteiger partial charge in [0, 0.05) is 31.4 Å². The number of guanidine groups is 2. The molecular formula is C52H92N18O13. The van der Waals surface area contributed by atoms with Crippen molar-refractivity contribution in [2.75, 3.05) is 19.6 Å². The molecule has 1 aliphatic rings. The second-order valence-corrected chi connectivity index (χ2v) is 21.6. The average molecular weight is 1180 g/mol. The number of carboxylic acids is 1. The Labute approximate surface area is 483 Å². The normalized spacial score (nSPS) is 16.8. The van der Waals surface area contributed by atoms with E-state index >= 15 is 0 Å². The minimum absolute atomic E-state index is 0.0157. The number of carbonyl (C=O) groups excluding carboxylic acids is 9. The molecule has 9 amide bonds. The number of aromatic amines is 1. The van der Waals surface area contributed by atoms with Crippen molar-refractivity contribution >= 4 is 71.1 Å². The van der Waals surface area contributed by atoms with Crippen LogP contribution in [0.15, 0.2) is 22.5 Å². The second kappa shape index (κ2) is 36.7. The molecule has 0 saturated heterocycles. The second-order valence-electron chi connectivity index (χ2n) is 21.6. The van der Waals surface area contributed by atoms with Gasteiger partial charge in [-0.15, -0.1) is 0 Å². The van der Waals surface area contributed by atoms with Gasteiger partial charge in [0.25, 0.3) is 0 Å². The van der Waals surface area contributed by atoms with Crippen molar-refractivity contribution < 1.29 is 63.3 Å². The Morgan fingerprint density at radius 1 is 0.627 bits per heavy atom. The van der Waals surface area contributed by atoms with Gasteiger partial charge >= 0.3 is 5.97 Å². The Morgan fingerprint density at radius 3 is 1.69 bits per heavy atom. The summed E-state index contributed by atoms with van der Waals surface area (Å²) >= 11 is 0.